The molecular weight excluding hydrogens is 268 g/mol. The molecule has 0 aromatic heterocycles. The molecule has 0 saturated heterocycles. The molecule has 0 aromatic rings. The molecule has 0 N–H and O–H groups in total. The molecule has 4 aliphatic rings. The van der Waals surface area contributed by atoms with Crippen LogP contribution in [-0.4, -0.2) is 7.11 Å². The summed E-state index contributed by atoms with van der Waals surface area (Å²) in [4.78, 5) is 0. The third-order valence-electron chi connectivity index (χ3n) is 8.47. The minimum absolute atomic E-state index is 0.415. The summed E-state index contributed by atoms with van der Waals surface area (Å²) in [5, 5.41) is 0. The Kier molecular flexibility index (Phi) is 3.30. The Morgan fingerprint density at radius 2 is 1.91 bits per heavy atom. The van der Waals surface area contributed by atoms with Crippen molar-refractivity contribution in [2.24, 2.45) is 34.5 Å². The lowest BCUT2D eigenvalue weighted by Gasteiger charge is -2.57. The van der Waals surface area contributed by atoms with Crippen molar-refractivity contribution in [1.82, 2.24) is 0 Å². The van der Waals surface area contributed by atoms with Gasteiger partial charge in [-0.1, -0.05) is 26.8 Å². The topological polar surface area (TPSA) is 9.23 Å². The van der Waals surface area contributed by atoms with Crippen molar-refractivity contribution in [3.63, 3.8) is 0 Å². The Morgan fingerprint density at radius 3 is 2.68 bits per heavy atom. The second kappa shape index (κ2) is 4.89. The van der Waals surface area contributed by atoms with Gasteiger partial charge in [0, 0.05) is 6.42 Å². The van der Waals surface area contributed by atoms with Gasteiger partial charge in [-0.05, 0) is 84.7 Å². The lowest BCUT2D eigenvalue weighted by atomic mass is 9.48. The van der Waals surface area contributed by atoms with Crippen LogP contribution in [0, 0.1) is 34.5 Å². The first kappa shape index (κ1) is 14.8. The molecule has 122 valence electrons. The maximum atomic E-state index is 5.54. The maximum Gasteiger partial charge on any atom is 0.0958 e. The zero-order valence-electron chi connectivity index (χ0n) is 14.8. The fourth-order valence-corrected chi connectivity index (χ4v) is 6.72. The second-order valence-electron chi connectivity index (χ2n) is 9.03. The molecule has 1 nitrogen and oxygen atoms in total. The van der Waals surface area contributed by atoms with Crippen LogP contribution in [0.3, 0.4) is 0 Å². The third kappa shape index (κ3) is 1.83. The van der Waals surface area contributed by atoms with E-state index >= 15 is 0 Å². The Hall–Kier alpha value is -0.720. The molecule has 1 heteroatoms. The quantitative estimate of drug-likeness (QED) is 0.601. The van der Waals surface area contributed by atoms with Crippen molar-refractivity contribution in [1.29, 1.82) is 0 Å². The summed E-state index contributed by atoms with van der Waals surface area (Å²) in [6.07, 6.45) is 14.5. The van der Waals surface area contributed by atoms with Gasteiger partial charge in [0.25, 0.3) is 0 Å². The molecule has 0 bridgehead atoms. The molecule has 0 spiro atoms. The van der Waals surface area contributed by atoms with Crippen LogP contribution >= 0.6 is 0 Å². The molecule has 0 aliphatic heterocycles. The Bertz CT molecular complexity index is 530. The summed E-state index contributed by atoms with van der Waals surface area (Å²) in [6.45, 7) is 7.68. The van der Waals surface area contributed by atoms with Crippen LogP contribution in [-0.2, 0) is 4.74 Å². The highest BCUT2D eigenvalue weighted by atomic mass is 16.5. The lowest BCUT2D eigenvalue weighted by molar-refractivity contribution is -0.0343. The summed E-state index contributed by atoms with van der Waals surface area (Å²) < 4.78 is 5.54. The van der Waals surface area contributed by atoms with E-state index in [0.717, 1.165) is 30.1 Å². The number of methoxy groups -OCH3 is 1. The first-order valence-corrected chi connectivity index (χ1v) is 9.44. The van der Waals surface area contributed by atoms with Crippen molar-refractivity contribution >= 4 is 0 Å². The van der Waals surface area contributed by atoms with Crippen molar-refractivity contribution in [3.8, 4) is 0 Å². The van der Waals surface area contributed by atoms with Gasteiger partial charge in [0.15, 0.2) is 0 Å². The van der Waals surface area contributed by atoms with Crippen LogP contribution in [0.5, 0.6) is 0 Å². The van der Waals surface area contributed by atoms with E-state index < -0.39 is 0 Å². The molecule has 6 atom stereocenters. The highest BCUT2D eigenvalue weighted by molar-refractivity contribution is 5.35. The van der Waals surface area contributed by atoms with Crippen LogP contribution in [0.15, 0.2) is 23.5 Å². The largest absolute Gasteiger partial charge is 0.501 e. The van der Waals surface area contributed by atoms with E-state index in [1.807, 2.05) is 7.11 Å². The minimum Gasteiger partial charge on any atom is -0.501 e. The number of hydrogen-bond acceptors (Lipinski definition) is 1. The van der Waals surface area contributed by atoms with E-state index in [4.69, 9.17) is 4.74 Å². The Balaban J connectivity index is 1.69. The fraction of sp³-hybridized carbons (Fsp3) is 0.810. The molecule has 0 radical (unpaired) electrons. The molecule has 4 rings (SSSR count). The van der Waals surface area contributed by atoms with Crippen LogP contribution in [0.2, 0.25) is 0 Å². The Labute approximate surface area is 136 Å². The van der Waals surface area contributed by atoms with E-state index in [0.29, 0.717) is 10.8 Å². The maximum absolute atomic E-state index is 5.54. The minimum atomic E-state index is 0.415. The molecule has 2 fully saturated rings. The summed E-state index contributed by atoms with van der Waals surface area (Å²) in [7, 11) is 1.83. The summed E-state index contributed by atoms with van der Waals surface area (Å²) in [6, 6.07) is 0. The van der Waals surface area contributed by atoms with Gasteiger partial charge in [0.1, 0.15) is 0 Å². The fourth-order valence-electron chi connectivity index (χ4n) is 6.72. The monoisotopic (exact) mass is 300 g/mol. The first-order valence-electron chi connectivity index (χ1n) is 9.44. The van der Waals surface area contributed by atoms with Crippen molar-refractivity contribution < 1.29 is 4.74 Å². The molecule has 0 heterocycles. The smallest absolute Gasteiger partial charge is 0.0958 e. The summed E-state index contributed by atoms with van der Waals surface area (Å²) >= 11 is 0. The number of allylic oxidation sites excluding steroid dienone is 4. The van der Waals surface area contributed by atoms with Crippen molar-refractivity contribution in [3.05, 3.63) is 23.5 Å². The standard InChI is InChI=1S/C21H32O/c1-14-5-8-18-17-7-6-15-13-16(22-4)9-11-21(15,3)19(17)10-12-20(14,18)2/h6,13-14,17-19H,5,7-12H2,1-4H3/t14?,17?,18?,19?,20-,21+/m1/s1. The summed E-state index contributed by atoms with van der Waals surface area (Å²) in [5.74, 6) is 4.95. The van der Waals surface area contributed by atoms with Crippen molar-refractivity contribution in [2.75, 3.05) is 7.11 Å². The molecule has 4 aliphatic carbocycles. The van der Waals surface area contributed by atoms with Gasteiger partial charge in [0.2, 0.25) is 0 Å². The lowest BCUT2D eigenvalue weighted by Crippen LogP contribution is -2.49. The van der Waals surface area contributed by atoms with Crippen LogP contribution in [0.25, 0.3) is 0 Å². The molecule has 0 aromatic carbocycles. The predicted molar refractivity (Wildman–Crippen MR) is 91.3 cm³/mol. The summed E-state index contributed by atoms with van der Waals surface area (Å²) in [5.41, 5.74) is 2.63. The van der Waals surface area contributed by atoms with Gasteiger partial charge < -0.3 is 4.74 Å². The number of ether oxygens (including phenoxy) is 1. The van der Waals surface area contributed by atoms with E-state index in [1.54, 1.807) is 5.57 Å². The van der Waals surface area contributed by atoms with Crippen LogP contribution in [0.4, 0.5) is 0 Å². The molecule has 2 saturated carbocycles. The van der Waals surface area contributed by atoms with Gasteiger partial charge in [-0.15, -0.1) is 0 Å². The number of rotatable bonds is 1. The number of fused-ring (bicyclic) bond motifs is 5. The SMILES string of the molecule is COC1=CC2=CCC3C4CCC(C)[C@@]4(C)CCC3[C@@]2(C)CC1. The zero-order valence-corrected chi connectivity index (χ0v) is 14.8. The van der Waals surface area contributed by atoms with Crippen LogP contribution in [0.1, 0.15) is 65.7 Å². The van der Waals surface area contributed by atoms with Gasteiger partial charge in [-0.2, -0.15) is 0 Å². The zero-order chi connectivity index (χ0) is 15.5. The Morgan fingerprint density at radius 1 is 1.09 bits per heavy atom. The average Bonchev–Trinajstić information content (AvgIpc) is 2.82. The molecular formula is C21H32O. The first-order chi connectivity index (χ1) is 10.5. The van der Waals surface area contributed by atoms with Gasteiger partial charge in [-0.3, -0.25) is 0 Å². The second-order valence-corrected chi connectivity index (χ2v) is 9.03. The number of hydrogen-bond donors (Lipinski definition) is 0. The van der Waals surface area contributed by atoms with Gasteiger partial charge >= 0.3 is 0 Å². The highest BCUT2D eigenvalue weighted by Gasteiger charge is 2.57. The van der Waals surface area contributed by atoms with Crippen LogP contribution < -0.4 is 0 Å². The normalized spacial score (nSPS) is 50.4. The van der Waals surface area contributed by atoms with Crippen molar-refractivity contribution in [2.45, 2.75) is 65.7 Å². The highest BCUT2D eigenvalue weighted by Crippen LogP contribution is 2.65. The average molecular weight is 300 g/mol. The molecule has 0 amide bonds. The third-order valence-corrected chi connectivity index (χ3v) is 8.47. The van der Waals surface area contributed by atoms with E-state index in [2.05, 4.69) is 32.9 Å². The van der Waals surface area contributed by atoms with E-state index in [1.165, 1.54) is 44.3 Å². The van der Waals surface area contributed by atoms with E-state index in [-0.39, 0.29) is 0 Å². The molecule has 4 unspecified atom stereocenters. The van der Waals surface area contributed by atoms with E-state index in [9.17, 15) is 0 Å². The van der Waals surface area contributed by atoms with Gasteiger partial charge in [-0.25, -0.2) is 0 Å². The molecule has 22 heavy (non-hydrogen) atoms. The van der Waals surface area contributed by atoms with Gasteiger partial charge in [0.05, 0.1) is 12.9 Å². The predicted octanol–water partition coefficient (Wildman–Crippen LogP) is 5.73.